The van der Waals surface area contributed by atoms with Crippen molar-refractivity contribution in [1.82, 2.24) is 0 Å². The van der Waals surface area contributed by atoms with Crippen LogP contribution in [0.4, 0.5) is 0 Å². The minimum Gasteiger partial charge on any atom is -0.456 e. The predicted octanol–water partition coefficient (Wildman–Crippen LogP) is 11.5. The van der Waals surface area contributed by atoms with Gasteiger partial charge in [0.2, 0.25) is 0 Å². The van der Waals surface area contributed by atoms with E-state index in [9.17, 15) is 4.11 Å². The van der Waals surface area contributed by atoms with Gasteiger partial charge in [-0.2, -0.15) is 0 Å². The van der Waals surface area contributed by atoms with Crippen molar-refractivity contribution in [2.24, 2.45) is 0 Å². The minimum absolute atomic E-state index is 0.00652. The smallest absolute Gasteiger partial charge is 0.136 e. The summed E-state index contributed by atoms with van der Waals surface area (Å²) in [6.07, 6.45) is 0. The number of hydrogen-bond acceptors (Lipinski definition) is 1. The van der Waals surface area contributed by atoms with Crippen molar-refractivity contribution in [2.75, 3.05) is 0 Å². The number of fused-ring (bicyclic) bond motifs is 7. The summed E-state index contributed by atoms with van der Waals surface area (Å²) in [4.78, 5) is 0. The highest BCUT2D eigenvalue weighted by atomic mass is 16.3. The molecule has 9 rings (SSSR count). The van der Waals surface area contributed by atoms with E-state index in [4.69, 9.17) is 12.6 Å². The van der Waals surface area contributed by atoms with Crippen molar-refractivity contribution in [3.05, 3.63) is 145 Å². The maximum Gasteiger partial charge on any atom is 0.136 e. The van der Waals surface area contributed by atoms with E-state index in [2.05, 4.69) is 30.3 Å². The second-order valence-corrected chi connectivity index (χ2v) is 10.2. The molecule has 0 unspecified atom stereocenters. The Labute approximate surface area is 249 Å². The van der Waals surface area contributed by atoms with E-state index in [1.54, 1.807) is 0 Å². The second kappa shape index (κ2) is 8.55. The maximum atomic E-state index is 9.53. The summed E-state index contributed by atoms with van der Waals surface area (Å²) >= 11 is 0. The third kappa shape index (κ3) is 3.36. The van der Waals surface area contributed by atoms with Gasteiger partial charge in [0.05, 0.1) is 12.3 Å². The molecular weight excluding hydrogens is 496 g/mol. The number of rotatable bonds is 2. The highest BCUT2D eigenvalue weighted by molar-refractivity contribution is 6.22. The van der Waals surface area contributed by atoms with E-state index in [0.717, 1.165) is 43.4 Å². The normalized spacial score (nSPS) is 15.0. The van der Waals surface area contributed by atoms with Crippen molar-refractivity contribution < 1.29 is 16.8 Å². The number of hydrogen-bond donors (Lipinski definition) is 0. The summed E-state index contributed by atoms with van der Waals surface area (Å²) in [7, 11) is 0. The van der Waals surface area contributed by atoms with Crippen molar-refractivity contribution in [3.8, 4) is 22.3 Å². The molecule has 9 aromatic rings. The first-order chi connectivity index (χ1) is 24.1. The molecule has 0 fully saturated rings. The Balaban J connectivity index is 1.43. The quantitative estimate of drug-likeness (QED) is 0.203. The van der Waals surface area contributed by atoms with E-state index in [-0.39, 0.29) is 68.5 Å². The standard InChI is InChI=1S/C40H24O/c1-2-10-26-21-29(18-17-25(26)9-1)39-32-13-5-7-15-34(32)40(35-16-8-6-14-33(35)39)30-19-20-31-36-22-27-11-3-4-12-28(27)23-38(36)41-37(31)24-30/h1-24H/i3D,4D,11D,12D,19D,20D,22D,23D,24D. The van der Waals surface area contributed by atoms with Crippen molar-refractivity contribution in [3.63, 3.8) is 0 Å². The molecule has 0 bridgehead atoms. The summed E-state index contributed by atoms with van der Waals surface area (Å²) in [5, 5.41) is 5.23. The average molecular weight is 530 g/mol. The molecule has 8 aromatic carbocycles. The fourth-order valence-corrected chi connectivity index (χ4v) is 6.03. The van der Waals surface area contributed by atoms with Crippen LogP contribution in [-0.2, 0) is 0 Å². The van der Waals surface area contributed by atoms with Gasteiger partial charge in [-0.05, 0) is 95.6 Å². The zero-order valence-corrected chi connectivity index (χ0v) is 21.6. The molecule has 1 aromatic heterocycles. The van der Waals surface area contributed by atoms with Crippen molar-refractivity contribution >= 4 is 65.0 Å². The molecule has 0 aliphatic heterocycles. The lowest BCUT2D eigenvalue weighted by molar-refractivity contribution is 0.669. The Morgan fingerprint density at radius 1 is 0.415 bits per heavy atom. The zero-order valence-electron chi connectivity index (χ0n) is 30.6. The molecule has 0 N–H and O–H groups in total. The largest absolute Gasteiger partial charge is 0.456 e. The summed E-state index contributed by atoms with van der Waals surface area (Å²) in [5.74, 6) is 0. The van der Waals surface area contributed by atoms with Gasteiger partial charge in [0.1, 0.15) is 11.2 Å². The SMILES string of the molecule is [2H]c1c([2H])c([2H])c2c([2H])c3c(oc4c([2H])c(-c5c6ccccc6c(-c6ccc7ccccc7c6)c6ccccc56)c([2H])c([2H])c43)c([2H])c2c1[2H]. The number of furan rings is 1. The lowest BCUT2D eigenvalue weighted by Crippen LogP contribution is -1.91. The van der Waals surface area contributed by atoms with E-state index < -0.39 is 24.2 Å². The summed E-state index contributed by atoms with van der Waals surface area (Å²) in [6, 6.07) is 26.7. The van der Waals surface area contributed by atoms with Gasteiger partial charge in [-0.3, -0.25) is 0 Å². The molecule has 190 valence electrons. The Bertz CT molecular complexity index is 2920. The predicted molar refractivity (Wildman–Crippen MR) is 175 cm³/mol. The summed E-state index contributed by atoms with van der Waals surface area (Å²) in [5.41, 5.74) is 2.53. The van der Waals surface area contributed by atoms with Crippen LogP contribution in [0.1, 0.15) is 12.3 Å². The maximum absolute atomic E-state index is 9.53. The third-order valence-corrected chi connectivity index (χ3v) is 7.85. The molecule has 0 saturated carbocycles. The molecule has 1 heterocycles. The van der Waals surface area contributed by atoms with Crippen LogP contribution >= 0.6 is 0 Å². The topological polar surface area (TPSA) is 13.1 Å². The van der Waals surface area contributed by atoms with Crippen molar-refractivity contribution in [2.45, 2.75) is 0 Å². The summed E-state index contributed by atoms with van der Waals surface area (Å²) < 4.78 is 85.7. The van der Waals surface area contributed by atoms with Gasteiger partial charge in [-0.1, -0.05) is 115 Å². The monoisotopic (exact) mass is 529 g/mol. The van der Waals surface area contributed by atoms with Crippen LogP contribution in [-0.4, -0.2) is 0 Å². The van der Waals surface area contributed by atoms with E-state index in [0.29, 0.717) is 5.56 Å². The molecule has 1 nitrogen and oxygen atoms in total. The lowest BCUT2D eigenvalue weighted by atomic mass is 9.85. The van der Waals surface area contributed by atoms with Gasteiger partial charge in [0, 0.05) is 10.8 Å². The Kier molecular flexibility index (Phi) is 3.21. The molecule has 0 spiro atoms. The third-order valence-electron chi connectivity index (χ3n) is 7.85. The Morgan fingerprint density at radius 3 is 1.71 bits per heavy atom. The minimum atomic E-state index is -0.538. The van der Waals surface area contributed by atoms with Crippen LogP contribution in [0.2, 0.25) is 0 Å². The molecule has 0 aliphatic rings. The number of benzene rings is 8. The molecule has 0 saturated heterocycles. The van der Waals surface area contributed by atoms with Gasteiger partial charge in [0.15, 0.2) is 0 Å². The second-order valence-electron chi connectivity index (χ2n) is 10.2. The van der Waals surface area contributed by atoms with Gasteiger partial charge >= 0.3 is 0 Å². The van der Waals surface area contributed by atoms with Gasteiger partial charge in [0.25, 0.3) is 0 Å². The first kappa shape index (κ1) is 15.4. The molecule has 0 radical (unpaired) electrons. The Hall–Kier alpha value is -5.40. The summed E-state index contributed by atoms with van der Waals surface area (Å²) in [6.45, 7) is 0. The van der Waals surface area contributed by atoms with Gasteiger partial charge < -0.3 is 4.42 Å². The van der Waals surface area contributed by atoms with E-state index >= 15 is 0 Å². The van der Waals surface area contributed by atoms with Crippen LogP contribution in [0, 0.1) is 0 Å². The fraction of sp³-hybridized carbons (Fsp3) is 0. The zero-order chi connectivity index (χ0) is 34.7. The van der Waals surface area contributed by atoms with E-state index in [1.807, 2.05) is 60.7 Å². The van der Waals surface area contributed by atoms with E-state index in [1.165, 1.54) is 0 Å². The van der Waals surface area contributed by atoms with Crippen LogP contribution in [0.5, 0.6) is 0 Å². The van der Waals surface area contributed by atoms with Crippen molar-refractivity contribution in [1.29, 1.82) is 0 Å². The molecule has 0 aliphatic carbocycles. The van der Waals surface area contributed by atoms with Crippen LogP contribution in [0.3, 0.4) is 0 Å². The van der Waals surface area contributed by atoms with Gasteiger partial charge in [-0.25, -0.2) is 0 Å². The first-order valence-corrected chi connectivity index (χ1v) is 13.4. The fourth-order valence-electron chi connectivity index (χ4n) is 6.03. The van der Waals surface area contributed by atoms with Crippen LogP contribution in [0.15, 0.2) is 150 Å². The first-order valence-electron chi connectivity index (χ1n) is 17.9. The molecule has 1 heteroatoms. The van der Waals surface area contributed by atoms with Crippen LogP contribution < -0.4 is 0 Å². The highest BCUT2D eigenvalue weighted by Crippen LogP contribution is 2.45. The highest BCUT2D eigenvalue weighted by Gasteiger charge is 2.18. The van der Waals surface area contributed by atoms with Crippen LogP contribution in [0.25, 0.3) is 87.3 Å². The Morgan fingerprint density at radius 2 is 1.00 bits per heavy atom. The molecular formula is C40H24O. The average Bonchev–Trinajstić information content (AvgIpc) is 3.55. The lowest BCUT2D eigenvalue weighted by Gasteiger charge is -2.18. The molecule has 0 amide bonds. The molecule has 41 heavy (non-hydrogen) atoms. The molecule has 0 atom stereocenters. The van der Waals surface area contributed by atoms with Gasteiger partial charge in [-0.15, -0.1) is 0 Å².